The van der Waals surface area contributed by atoms with Crippen molar-refractivity contribution in [1.82, 2.24) is 0 Å². The molecule has 7 rings (SSSR count). The quantitative estimate of drug-likeness (QED) is 0.248. The maximum atomic E-state index is 8.49. The van der Waals surface area contributed by atoms with E-state index < -0.39 is 20.5 Å². The second-order valence-electron chi connectivity index (χ2n) is 14.4. The highest BCUT2D eigenvalue weighted by Gasteiger charge is 2.43. The third-order valence-electron chi connectivity index (χ3n) is 9.97. The Labute approximate surface area is 336 Å². The molecule has 4 aromatic rings. The Morgan fingerprint density at radius 3 is 1.16 bits per heavy atom. The van der Waals surface area contributed by atoms with Crippen molar-refractivity contribution in [1.29, 1.82) is 0 Å². The van der Waals surface area contributed by atoms with Gasteiger partial charge in [-0.1, -0.05) is 97.1 Å². The lowest BCUT2D eigenvalue weighted by Crippen LogP contribution is -2.68. The first-order valence-electron chi connectivity index (χ1n) is 17.6. The number of halogens is 2. The van der Waals surface area contributed by atoms with Gasteiger partial charge in [0.05, 0.1) is 10.8 Å². The molecule has 0 spiro atoms. The van der Waals surface area contributed by atoms with Gasteiger partial charge < -0.3 is 4.74 Å². The molecule has 0 radical (unpaired) electrons. The third-order valence-corrected chi connectivity index (χ3v) is 9.97. The molecule has 0 aliphatic carbocycles. The van der Waals surface area contributed by atoms with Crippen LogP contribution in [0.3, 0.4) is 0 Å². The van der Waals surface area contributed by atoms with Crippen LogP contribution in [0, 0.1) is 20.5 Å². The molecule has 0 unspecified atom stereocenters. The Bertz CT molecular complexity index is 2160. The second-order valence-corrected chi connectivity index (χ2v) is 15.9. The molecule has 0 fully saturated rings. The van der Waals surface area contributed by atoms with Gasteiger partial charge in [0.1, 0.15) is 25.6 Å². The van der Waals surface area contributed by atoms with E-state index in [1.165, 1.54) is 33.9 Å². The van der Waals surface area contributed by atoms with Crippen molar-refractivity contribution in [2.24, 2.45) is 0 Å². The zero-order valence-electron chi connectivity index (χ0n) is 32.2. The molecule has 4 aromatic carbocycles. The summed E-state index contributed by atoms with van der Waals surface area (Å²) in [6, 6.07) is 38.2. The first kappa shape index (κ1) is 43.1. The predicted octanol–water partition coefficient (Wildman–Crippen LogP) is 0.408. The van der Waals surface area contributed by atoms with E-state index in [0.717, 1.165) is 33.8 Å². The Balaban J connectivity index is 0.000000554. The largest absolute Gasteiger partial charge is 0.456 e. The van der Waals surface area contributed by atoms with E-state index in [9.17, 15) is 0 Å². The summed E-state index contributed by atoms with van der Waals surface area (Å²) in [6.45, 7) is 9.26. The lowest BCUT2D eigenvalue weighted by molar-refractivity contribution is -2.00. The van der Waals surface area contributed by atoms with E-state index in [2.05, 4.69) is 184 Å². The minimum Gasteiger partial charge on any atom is -0.456 e. The third kappa shape index (κ3) is 10.7. The number of hydrogen-bond donors (Lipinski definition) is 0. The first-order chi connectivity index (χ1) is 26.7. The Kier molecular flexibility index (Phi) is 13.0. The van der Waals surface area contributed by atoms with Crippen molar-refractivity contribution in [2.45, 2.75) is 38.5 Å². The molecule has 0 aromatic heterocycles. The molecule has 57 heavy (non-hydrogen) atoms. The zero-order valence-corrected chi connectivity index (χ0v) is 33.7. The van der Waals surface area contributed by atoms with Crippen LogP contribution >= 0.6 is 0 Å². The summed E-state index contributed by atoms with van der Waals surface area (Å²) in [5.41, 5.74) is 11.8. The fraction of sp³-hybridized carbons (Fsp3) is 0.182. The van der Waals surface area contributed by atoms with Gasteiger partial charge in [0.15, 0.2) is 11.4 Å². The van der Waals surface area contributed by atoms with E-state index in [1.807, 2.05) is 12.1 Å². The monoisotopic (exact) mass is 812 g/mol. The highest BCUT2D eigenvalue weighted by Crippen LogP contribution is 2.41. The molecule has 3 aliphatic heterocycles. The standard InChI is InChI=1S/C44H42N2O.2ClHO4/c1-43(2)35-21-13-15-23-37(35)45(5)41(43)27-25-31(26-28-42-44(3,4)36-22-14-16-24-38(36)46(42)6)34-29-39(32-17-9-7-10-18-32)47-40(30-34)33-19-11-8-12-20-33;2*2-1(3,4)5/h7-30H,1-6H3;2*(H,2,3,4,5)/q+2;;/p-2/b27-25+,28-26+;;. The number of hydrogen-bond acceptors (Lipinski definition) is 9. The van der Waals surface area contributed by atoms with E-state index >= 15 is 0 Å². The minimum absolute atomic E-state index is 0.128. The number of benzene rings is 4. The molecule has 13 heteroatoms. The number of rotatable bonds is 6. The van der Waals surface area contributed by atoms with Crippen LogP contribution in [0.1, 0.15) is 49.9 Å². The summed E-state index contributed by atoms with van der Waals surface area (Å²) in [5, 5.41) is 0. The van der Waals surface area contributed by atoms with Crippen LogP contribution in [0.4, 0.5) is 11.4 Å². The predicted molar refractivity (Wildman–Crippen MR) is 196 cm³/mol. The average molecular weight is 814 g/mol. The molecule has 0 saturated carbocycles. The normalized spacial score (nSPS) is 16.9. The van der Waals surface area contributed by atoms with Crippen LogP contribution in [0.2, 0.25) is 0 Å². The Morgan fingerprint density at radius 1 is 0.509 bits per heavy atom. The molecule has 0 amide bonds. The topological polar surface area (TPSA) is 200 Å². The van der Waals surface area contributed by atoms with E-state index in [1.54, 1.807) is 0 Å². The van der Waals surface area contributed by atoms with Gasteiger partial charge in [-0.3, -0.25) is 0 Å². The molecule has 11 nitrogen and oxygen atoms in total. The lowest BCUT2D eigenvalue weighted by atomic mass is 9.81. The lowest BCUT2D eigenvalue weighted by Gasteiger charge is -2.20. The molecule has 0 N–H and O–H groups in total. The molecule has 0 bridgehead atoms. The van der Waals surface area contributed by atoms with Crippen molar-refractivity contribution in [3.05, 3.63) is 179 Å². The fourth-order valence-electron chi connectivity index (χ4n) is 7.35. The molecule has 0 atom stereocenters. The maximum Gasteiger partial charge on any atom is 0.209 e. The first-order valence-corrected chi connectivity index (χ1v) is 20.1. The molecule has 3 heterocycles. The van der Waals surface area contributed by atoms with Crippen molar-refractivity contribution in [2.75, 3.05) is 14.1 Å². The van der Waals surface area contributed by atoms with Gasteiger partial charge in [0, 0.05) is 46.5 Å². The summed E-state index contributed by atoms with van der Waals surface area (Å²) < 4.78 is 79.2. The van der Waals surface area contributed by atoms with Crippen LogP contribution < -0.4 is 37.3 Å². The van der Waals surface area contributed by atoms with Crippen molar-refractivity contribution in [3.63, 3.8) is 0 Å². The highest BCUT2D eigenvalue weighted by atomic mass is 35.7. The summed E-state index contributed by atoms with van der Waals surface area (Å²) in [5.74, 6) is 1.66. The average Bonchev–Trinajstić information content (AvgIpc) is 3.47. The minimum atomic E-state index is -4.94. The molecule has 0 saturated heterocycles. The van der Waals surface area contributed by atoms with Crippen LogP contribution in [0.25, 0.3) is 11.5 Å². The van der Waals surface area contributed by atoms with Gasteiger partial charge in [0.2, 0.25) is 11.4 Å². The molecular formula is C44H42Cl2N2O9. The van der Waals surface area contributed by atoms with Gasteiger partial charge >= 0.3 is 0 Å². The summed E-state index contributed by atoms with van der Waals surface area (Å²) >= 11 is 0. The van der Waals surface area contributed by atoms with Crippen LogP contribution in [0.15, 0.2) is 157 Å². The SMILES string of the molecule is C[N+]1=C(/C=C/C(/C=C/C2=[N+](C)c3ccccc3C2(C)C)=C2C=C(c3ccccc3)OC(c3ccccc3)=C2)C(C)(C)c2ccccc21.[O-][Cl+3]([O-])([O-])[O-].[O-][Cl+3]([O-])([O-])[O-]. The van der Waals surface area contributed by atoms with Crippen LogP contribution in [-0.4, -0.2) is 34.7 Å². The number of nitrogens with zero attached hydrogens (tertiary/aromatic N) is 2. The number of fused-ring (bicyclic) bond motifs is 2. The van der Waals surface area contributed by atoms with Crippen molar-refractivity contribution in [3.8, 4) is 0 Å². The maximum absolute atomic E-state index is 8.49. The van der Waals surface area contributed by atoms with Gasteiger partial charge in [0.25, 0.3) is 0 Å². The van der Waals surface area contributed by atoms with E-state index in [4.69, 9.17) is 42.0 Å². The molecule has 3 aliphatic rings. The van der Waals surface area contributed by atoms with Gasteiger partial charge in [-0.25, -0.2) is 37.3 Å². The highest BCUT2D eigenvalue weighted by molar-refractivity contribution is 6.04. The van der Waals surface area contributed by atoms with Gasteiger partial charge in [-0.05, 0) is 63.1 Å². The number of ether oxygens (including phenoxy) is 1. The Morgan fingerprint density at radius 2 is 0.825 bits per heavy atom. The van der Waals surface area contributed by atoms with Crippen LogP contribution in [0.5, 0.6) is 0 Å². The molecular weight excluding hydrogens is 771 g/mol. The Hall–Kier alpha value is -5.02. The summed E-state index contributed by atoms with van der Waals surface area (Å²) in [6.07, 6.45) is 13.5. The van der Waals surface area contributed by atoms with E-state index in [-0.39, 0.29) is 10.8 Å². The van der Waals surface area contributed by atoms with Crippen molar-refractivity contribution < 1.29 is 71.6 Å². The molecule has 296 valence electrons. The van der Waals surface area contributed by atoms with Gasteiger partial charge in [-0.15, -0.1) is 20.5 Å². The number of para-hydroxylation sites is 2. The van der Waals surface area contributed by atoms with E-state index in [0.29, 0.717) is 0 Å². The summed E-state index contributed by atoms with van der Waals surface area (Å²) in [4.78, 5) is 0. The second kappa shape index (κ2) is 17.2. The summed E-state index contributed by atoms with van der Waals surface area (Å²) in [7, 11) is -5.54. The van der Waals surface area contributed by atoms with Gasteiger partial charge in [-0.2, -0.15) is 9.15 Å². The fourth-order valence-corrected chi connectivity index (χ4v) is 7.35. The van der Waals surface area contributed by atoms with Crippen LogP contribution in [-0.2, 0) is 15.6 Å². The number of allylic oxidation sites excluding steroid dienone is 8. The smallest absolute Gasteiger partial charge is 0.209 e. The zero-order chi connectivity index (χ0) is 41.8. The van der Waals surface area contributed by atoms with Crippen molar-refractivity contribution >= 4 is 34.3 Å².